The van der Waals surface area contributed by atoms with Gasteiger partial charge in [0.15, 0.2) is 0 Å². The van der Waals surface area contributed by atoms with E-state index in [1.807, 2.05) is 20.8 Å². The average Bonchev–Trinajstić information content (AvgIpc) is 2.55. The monoisotopic (exact) mass is 361 g/mol. The van der Waals surface area contributed by atoms with Crippen molar-refractivity contribution in [1.82, 2.24) is 10.3 Å². The predicted octanol–water partition coefficient (Wildman–Crippen LogP) is 3.79. The second-order valence-corrected chi connectivity index (χ2v) is 6.85. The highest BCUT2D eigenvalue weighted by Crippen LogP contribution is 2.27. The number of ether oxygens (including phenoxy) is 1. The van der Waals surface area contributed by atoms with Gasteiger partial charge in [-0.05, 0) is 51.1 Å². The molecule has 0 aliphatic rings. The number of anilines is 2. The number of rotatable bonds is 4. The molecule has 0 unspecified atom stereocenters. The maximum Gasteiger partial charge on any atom is 0.337 e. The third kappa shape index (κ3) is 5.19. The van der Waals surface area contributed by atoms with Crippen molar-refractivity contribution in [1.29, 1.82) is 0 Å². The highest BCUT2D eigenvalue weighted by molar-refractivity contribution is 6.33. The van der Waals surface area contributed by atoms with E-state index in [1.54, 1.807) is 30.3 Å². The van der Waals surface area contributed by atoms with E-state index >= 15 is 0 Å². The van der Waals surface area contributed by atoms with Crippen molar-refractivity contribution in [2.24, 2.45) is 0 Å². The molecule has 0 saturated heterocycles. The van der Waals surface area contributed by atoms with E-state index in [4.69, 9.17) is 16.3 Å². The number of nitrogens with zero attached hydrogens (tertiary/aromatic N) is 1. The van der Waals surface area contributed by atoms with Crippen LogP contribution in [0.4, 0.5) is 11.4 Å². The predicted molar refractivity (Wildman–Crippen MR) is 97.5 cm³/mol. The van der Waals surface area contributed by atoms with Crippen LogP contribution >= 0.6 is 11.6 Å². The number of methoxy groups -OCH3 is 1. The molecule has 1 heterocycles. The Bertz CT molecular complexity index is 800. The molecule has 2 aromatic rings. The minimum absolute atomic E-state index is 0.273. The Kier molecular flexibility index (Phi) is 5.64. The molecular weight excluding hydrogens is 342 g/mol. The first-order valence-corrected chi connectivity index (χ1v) is 8.01. The van der Waals surface area contributed by atoms with Gasteiger partial charge in [0.1, 0.15) is 5.69 Å². The van der Waals surface area contributed by atoms with E-state index in [0.717, 1.165) is 0 Å². The summed E-state index contributed by atoms with van der Waals surface area (Å²) in [6.07, 6.45) is 1.53. The molecule has 1 amide bonds. The molecule has 7 heteroatoms. The van der Waals surface area contributed by atoms with Gasteiger partial charge in [-0.2, -0.15) is 0 Å². The van der Waals surface area contributed by atoms with Crippen molar-refractivity contribution < 1.29 is 14.3 Å². The van der Waals surface area contributed by atoms with Gasteiger partial charge in [0, 0.05) is 17.4 Å². The van der Waals surface area contributed by atoms with E-state index in [0.29, 0.717) is 22.0 Å². The zero-order valence-corrected chi connectivity index (χ0v) is 15.3. The van der Waals surface area contributed by atoms with Crippen LogP contribution in [0, 0.1) is 0 Å². The van der Waals surface area contributed by atoms with Gasteiger partial charge in [0.25, 0.3) is 5.91 Å². The maximum atomic E-state index is 12.2. The highest BCUT2D eigenvalue weighted by Gasteiger charge is 2.17. The molecule has 1 aromatic carbocycles. The summed E-state index contributed by atoms with van der Waals surface area (Å²) in [4.78, 5) is 28.0. The highest BCUT2D eigenvalue weighted by atomic mass is 35.5. The molecule has 0 saturated carbocycles. The number of aromatic nitrogens is 1. The van der Waals surface area contributed by atoms with Crippen molar-refractivity contribution in [3.8, 4) is 0 Å². The number of esters is 1. The van der Waals surface area contributed by atoms with Crippen LogP contribution < -0.4 is 10.6 Å². The summed E-state index contributed by atoms with van der Waals surface area (Å²) in [5.41, 5.74) is 1.44. The van der Waals surface area contributed by atoms with Crippen molar-refractivity contribution >= 4 is 34.9 Å². The third-order valence-corrected chi connectivity index (χ3v) is 3.48. The molecule has 1 aromatic heterocycles. The van der Waals surface area contributed by atoms with Crippen LogP contribution in [0.25, 0.3) is 0 Å². The van der Waals surface area contributed by atoms with Crippen LogP contribution in [0.3, 0.4) is 0 Å². The maximum absolute atomic E-state index is 12.2. The molecule has 0 aliphatic carbocycles. The Hall–Kier alpha value is -2.60. The first-order valence-electron chi connectivity index (χ1n) is 7.63. The Morgan fingerprint density at radius 1 is 1.16 bits per heavy atom. The molecule has 0 fully saturated rings. The number of amides is 1. The lowest BCUT2D eigenvalue weighted by Gasteiger charge is -2.20. The first-order chi connectivity index (χ1) is 11.7. The molecule has 0 aliphatic heterocycles. The van der Waals surface area contributed by atoms with E-state index in [-0.39, 0.29) is 17.1 Å². The topological polar surface area (TPSA) is 80.3 Å². The molecule has 0 radical (unpaired) electrons. The normalized spacial score (nSPS) is 10.9. The summed E-state index contributed by atoms with van der Waals surface area (Å²) in [6, 6.07) is 8.08. The minimum atomic E-state index is -0.459. The van der Waals surface area contributed by atoms with Gasteiger partial charge in [-0.3, -0.25) is 9.78 Å². The lowest BCUT2D eigenvalue weighted by molar-refractivity contribution is 0.0600. The summed E-state index contributed by atoms with van der Waals surface area (Å²) < 4.78 is 4.71. The van der Waals surface area contributed by atoms with Gasteiger partial charge in [-0.15, -0.1) is 0 Å². The Morgan fingerprint density at radius 3 is 2.52 bits per heavy atom. The first kappa shape index (κ1) is 18.7. The number of carbonyl (C=O) groups is 2. The second-order valence-electron chi connectivity index (χ2n) is 6.45. The summed E-state index contributed by atoms with van der Waals surface area (Å²) in [6.45, 7) is 5.68. The molecule has 0 spiro atoms. The molecule has 0 bridgehead atoms. The lowest BCUT2D eigenvalue weighted by atomic mass is 10.1. The summed E-state index contributed by atoms with van der Waals surface area (Å²) in [7, 11) is 1.31. The fraction of sp³-hybridized carbons (Fsp3) is 0.278. The van der Waals surface area contributed by atoms with Gasteiger partial charge in [0.05, 0.1) is 23.4 Å². The fourth-order valence-corrected chi connectivity index (χ4v) is 2.22. The summed E-state index contributed by atoms with van der Waals surface area (Å²) in [5, 5.41) is 6.38. The van der Waals surface area contributed by atoms with Crippen molar-refractivity contribution in [3.63, 3.8) is 0 Å². The Morgan fingerprint density at radius 2 is 1.88 bits per heavy atom. The summed E-state index contributed by atoms with van der Waals surface area (Å²) in [5.74, 6) is -0.731. The molecule has 2 N–H and O–H groups in total. The van der Waals surface area contributed by atoms with E-state index < -0.39 is 5.97 Å². The molecule has 25 heavy (non-hydrogen) atoms. The van der Waals surface area contributed by atoms with Gasteiger partial charge in [0.2, 0.25) is 0 Å². The number of benzene rings is 1. The van der Waals surface area contributed by atoms with E-state index in [9.17, 15) is 9.59 Å². The zero-order chi connectivity index (χ0) is 18.6. The van der Waals surface area contributed by atoms with Crippen molar-refractivity contribution in [2.75, 3.05) is 12.4 Å². The SMILES string of the molecule is COC(=O)c1ccc(Cl)c(Nc2ccnc(C(=O)NC(C)(C)C)c2)c1. The quantitative estimate of drug-likeness (QED) is 0.810. The second kappa shape index (κ2) is 7.53. The zero-order valence-electron chi connectivity index (χ0n) is 14.5. The molecule has 132 valence electrons. The van der Waals surface area contributed by atoms with Gasteiger partial charge in [-0.25, -0.2) is 4.79 Å². The van der Waals surface area contributed by atoms with Crippen LogP contribution in [-0.2, 0) is 4.74 Å². The number of carbonyl (C=O) groups excluding carboxylic acids is 2. The third-order valence-electron chi connectivity index (χ3n) is 3.15. The number of hydrogen-bond acceptors (Lipinski definition) is 5. The van der Waals surface area contributed by atoms with Gasteiger partial charge >= 0.3 is 5.97 Å². The van der Waals surface area contributed by atoms with Crippen LogP contribution in [0.1, 0.15) is 41.6 Å². The van der Waals surface area contributed by atoms with Crippen molar-refractivity contribution in [3.05, 3.63) is 52.8 Å². The van der Waals surface area contributed by atoms with Gasteiger partial charge < -0.3 is 15.4 Å². The van der Waals surface area contributed by atoms with Crippen LogP contribution in [0.5, 0.6) is 0 Å². The van der Waals surface area contributed by atoms with E-state index in [1.165, 1.54) is 13.3 Å². The van der Waals surface area contributed by atoms with Crippen molar-refractivity contribution in [2.45, 2.75) is 26.3 Å². The van der Waals surface area contributed by atoms with E-state index in [2.05, 4.69) is 15.6 Å². The molecule has 6 nitrogen and oxygen atoms in total. The largest absolute Gasteiger partial charge is 0.465 e. The fourth-order valence-electron chi connectivity index (χ4n) is 2.06. The Balaban J connectivity index is 2.25. The molecule has 2 rings (SSSR count). The number of nitrogens with one attached hydrogen (secondary N) is 2. The number of hydrogen-bond donors (Lipinski definition) is 2. The summed E-state index contributed by atoms with van der Waals surface area (Å²) >= 11 is 6.17. The number of halogens is 1. The Labute approximate surface area is 151 Å². The lowest BCUT2D eigenvalue weighted by Crippen LogP contribution is -2.40. The smallest absolute Gasteiger partial charge is 0.337 e. The number of pyridine rings is 1. The van der Waals surface area contributed by atoms with Gasteiger partial charge in [-0.1, -0.05) is 11.6 Å². The van der Waals surface area contributed by atoms with Crippen LogP contribution in [0.15, 0.2) is 36.5 Å². The van der Waals surface area contributed by atoms with Crippen LogP contribution in [0.2, 0.25) is 5.02 Å². The van der Waals surface area contributed by atoms with Crippen LogP contribution in [-0.4, -0.2) is 29.5 Å². The average molecular weight is 362 g/mol. The minimum Gasteiger partial charge on any atom is -0.465 e. The molecule has 0 atom stereocenters. The standard InChI is InChI=1S/C18H20ClN3O3/c1-18(2,3)22-16(23)15-10-12(7-8-20-15)21-14-9-11(17(24)25-4)5-6-13(14)19/h5-10H,1-4H3,(H,20,21)(H,22,23). The molecular formula is C18H20ClN3O3.